The van der Waals surface area contributed by atoms with Crippen LogP contribution >= 0.6 is 0 Å². The van der Waals surface area contributed by atoms with Crippen molar-refractivity contribution in [1.82, 2.24) is 10.2 Å². The third-order valence-electron chi connectivity index (χ3n) is 3.39. The van der Waals surface area contributed by atoms with Gasteiger partial charge in [-0.05, 0) is 20.8 Å². The van der Waals surface area contributed by atoms with Crippen LogP contribution in [0.5, 0.6) is 0 Å². The maximum Gasteiger partial charge on any atom is 0.344 e. The second-order valence-electron chi connectivity index (χ2n) is 5.36. The van der Waals surface area contributed by atoms with Crippen molar-refractivity contribution < 1.29 is 23.9 Å². The average molecular weight is 330 g/mol. The van der Waals surface area contributed by atoms with Crippen LogP contribution in [0, 0.1) is 0 Å². The molecule has 1 heterocycles. The highest BCUT2D eigenvalue weighted by molar-refractivity contribution is 6.29. The molecule has 0 spiro atoms. The fourth-order valence-corrected chi connectivity index (χ4v) is 2.32. The molecule has 1 aliphatic heterocycles. The number of imide groups is 1. The molecular formula is C17H18N2O5. The number of nitrogens with one attached hydrogen (secondary N) is 1. The van der Waals surface area contributed by atoms with Gasteiger partial charge in [0, 0.05) is 11.6 Å². The monoisotopic (exact) mass is 330 g/mol. The van der Waals surface area contributed by atoms with E-state index in [-0.39, 0.29) is 17.9 Å². The second kappa shape index (κ2) is 7.08. The van der Waals surface area contributed by atoms with Crippen molar-refractivity contribution in [3.8, 4) is 0 Å². The molecule has 3 amide bonds. The van der Waals surface area contributed by atoms with Gasteiger partial charge in [-0.3, -0.25) is 14.5 Å². The van der Waals surface area contributed by atoms with Gasteiger partial charge < -0.3 is 10.1 Å². The highest BCUT2D eigenvalue weighted by Gasteiger charge is 2.41. The third-order valence-corrected chi connectivity index (χ3v) is 3.39. The van der Waals surface area contributed by atoms with E-state index in [4.69, 9.17) is 4.74 Å². The molecule has 126 valence electrons. The highest BCUT2D eigenvalue weighted by Crippen LogP contribution is 2.20. The molecule has 0 radical (unpaired) electrons. The first-order valence-corrected chi connectivity index (χ1v) is 7.54. The Bertz CT molecular complexity index is 722. The number of urea groups is 1. The first-order valence-electron chi connectivity index (χ1n) is 7.54. The van der Waals surface area contributed by atoms with Gasteiger partial charge in [-0.25, -0.2) is 9.59 Å². The summed E-state index contributed by atoms with van der Waals surface area (Å²) in [5, 5.41) is 2.32. The molecule has 0 atom stereocenters. The minimum Gasteiger partial charge on any atom is -0.462 e. The largest absolute Gasteiger partial charge is 0.462 e. The van der Waals surface area contributed by atoms with Crippen molar-refractivity contribution in [1.29, 1.82) is 0 Å². The Hall–Kier alpha value is -2.96. The van der Waals surface area contributed by atoms with Crippen LogP contribution < -0.4 is 5.32 Å². The number of carbonyl (C=O) groups excluding carboxylic acids is 4. The fourth-order valence-electron chi connectivity index (χ4n) is 2.32. The standard InChI is InChI=1S/C17H18N2O5/c1-4-24-16(22)12(14(20)11-8-6-5-7-9-11)13-15(21)19(10(2)3)17(23)18-13/h5-10H,4H2,1-3H3,(H,18,23). The molecule has 1 fully saturated rings. The summed E-state index contributed by atoms with van der Waals surface area (Å²) in [7, 11) is 0. The number of ether oxygens (including phenoxy) is 1. The van der Waals surface area contributed by atoms with E-state index in [2.05, 4.69) is 5.32 Å². The van der Waals surface area contributed by atoms with Crippen molar-refractivity contribution in [3.63, 3.8) is 0 Å². The van der Waals surface area contributed by atoms with E-state index in [1.165, 1.54) is 12.1 Å². The van der Waals surface area contributed by atoms with Gasteiger partial charge >= 0.3 is 12.0 Å². The number of benzene rings is 1. The lowest BCUT2D eigenvalue weighted by Crippen LogP contribution is -2.36. The summed E-state index contributed by atoms with van der Waals surface area (Å²) < 4.78 is 4.90. The van der Waals surface area contributed by atoms with E-state index >= 15 is 0 Å². The molecule has 1 N–H and O–H groups in total. The van der Waals surface area contributed by atoms with Gasteiger partial charge in [0.25, 0.3) is 5.91 Å². The first-order chi connectivity index (χ1) is 11.4. The Labute approximate surface area is 139 Å². The Morgan fingerprint density at radius 2 is 1.79 bits per heavy atom. The van der Waals surface area contributed by atoms with E-state index in [0.717, 1.165) is 4.90 Å². The number of carbonyl (C=O) groups is 4. The van der Waals surface area contributed by atoms with Gasteiger partial charge in [-0.2, -0.15) is 0 Å². The van der Waals surface area contributed by atoms with Crippen LogP contribution in [0.25, 0.3) is 0 Å². The first kappa shape index (κ1) is 17.4. The normalized spacial score (nSPS) is 16.2. The minimum atomic E-state index is -0.944. The van der Waals surface area contributed by atoms with Crippen LogP contribution in [0.4, 0.5) is 4.79 Å². The van der Waals surface area contributed by atoms with Crippen LogP contribution in [0.1, 0.15) is 31.1 Å². The summed E-state index contributed by atoms with van der Waals surface area (Å²) in [4.78, 5) is 50.3. The quantitative estimate of drug-likeness (QED) is 0.221. The Morgan fingerprint density at radius 3 is 2.29 bits per heavy atom. The molecule has 1 aromatic rings. The molecule has 7 nitrogen and oxygen atoms in total. The number of amides is 3. The minimum absolute atomic E-state index is 0.0354. The molecule has 1 aromatic carbocycles. The molecule has 1 saturated heterocycles. The molecule has 0 saturated carbocycles. The Kier molecular flexibility index (Phi) is 5.13. The van der Waals surface area contributed by atoms with Gasteiger partial charge in [0.1, 0.15) is 11.3 Å². The van der Waals surface area contributed by atoms with Gasteiger partial charge in [-0.1, -0.05) is 30.3 Å². The van der Waals surface area contributed by atoms with Crippen LogP contribution in [0.3, 0.4) is 0 Å². The fraction of sp³-hybridized carbons (Fsp3) is 0.294. The predicted octanol–water partition coefficient (Wildman–Crippen LogP) is 1.65. The Balaban J connectivity index is 2.55. The molecule has 0 aliphatic carbocycles. The average Bonchev–Trinajstić information content (AvgIpc) is 2.83. The summed E-state index contributed by atoms with van der Waals surface area (Å²) in [6.07, 6.45) is 0. The highest BCUT2D eigenvalue weighted by atomic mass is 16.5. The molecule has 2 rings (SSSR count). The maximum absolute atomic E-state index is 12.7. The van der Waals surface area contributed by atoms with Gasteiger partial charge in [0.15, 0.2) is 0 Å². The zero-order valence-electron chi connectivity index (χ0n) is 13.7. The topological polar surface area (TPSA) is 92.8 Å². The van der Waals surface area contributed by atoms with Crippen molar-refractivity contribution in [2.24, 2.45) is 0 Å². The van der Waals surface area contributed by atoms with Gasteiger partial charge in [-0.15, -0.1) is 0 Å². The number of hydrogen-bond acceptors (Lipinski definition) is 5. The summed E-state index contributed by atoms with van der Waals surface area (Å²) >= 11 is 0. The van der Waals surface area contributed by atoms with E-state index in [0.29, 0.717) is 0 Å². The SMILES string of the molecule is CCOC(=O)C(C(=O)c1ccccc1)=C1NC(=O)N(C(C)C)C1=O. The lowest BCUT2D eigenvalue weighted by Gasteiger charge is -2.15. The lowest BCUT2D eigenvalue weighted by atomic mass is 10.0. The number of ketones is 1. The number of hydrogen-bond donors (Lipinski definition) is 1. The molecule has 0 aromatic heterocycles. The lowest BCUT2D eigenvalue weighted by molar-refractivity contribution is -0.138. The van der Waals surface area contributed by atoms with Crippen LogP contribution in [-0.2, 0) is 14.3 Å². The molecule has 24 heavy (non-hydrogen) atoms. The van der Waals surface area contributed by atoms with E-state index in [9.17, 15) is 19.2 Å². The second-order valence-corrected chi connectivity index (χ2v) is 5.36. The number of nitrogens with zero attached hydrogens (tertiary/aromatic N) is 1. The smallest absolute Gasteiger partial charge is 0.344 e. The number of rotatable bonds is 5. The molecule has 1 aliphatic rings. The van der Waals surface area contributed by atoms with Crippen LogP contribution in [0.2, 0.25) is 0 Å². The van der Waals surface area contributed by atoms with E-state index in [1.807, 2.05) is 0 Å². The summed E-state index contributed by atoms with van der Waals surface area (Å²) in [6.45, 7) is 4.93. The zero-order valence-corrected chi connectivity index (χ0v) is 13.7. The predicted molar refractivity (Wildman–Crippen MR) is 84.9 cm³/mol. The third kappa shape index (κ3) is 3.19. The molecule has 0 bridgehead atoms. The maximum atomic E-state index is 12.7. The van der Waals surface area contributed by atoms with E-state index < -0.39 is 35.3 Å². The number of esters is 1. The molecule has 0 unspecified atom stereocenters. The van der Waals surface area contributed by atoms with Gasteiger partial charge in [0.2, 0.25) is 5.78 Å². The van der Waals surface area contributed by atoms with Crippen molar-refractivity contribution >= 4 is 23.7 Å². The van der Waals surface area contributed by atoms with Crippen molar-refractivity contribution in [3.05, 3.63) is 47.2 Å². The number of Topliss-reactive ketones (excluding diaryl/α,β-unsaturated/α-hetero) is 1. The molecular weight excluding hydrogens is 312 g/mol. The van der Waals surface area contributed by atoms with Crippen LogP contribution in [0.15, 0.2) is 41.6 Å². The summed E-state index contributed by atoms with van der Waals surface area (Å²) in [5.41, 5.74) is -0.594. The van der Waals surface area contributed by atoms with Gasteiger partial charge in [0.05, 0.1) is 6.61 Å². The van der Waals surface area contributed by atoms with Crippen molar-refractivity contribution in [2.75, 3.05) is 6.61 Å². The van der Waals surface area contributed by atoms with E-state index in [1.54, 1.807) is 39.0 Å². The zero-order chi connectivity index (χ0) is 17.9. The summed E-state index contributed by atoms with van der Waals surface area (Å²) in [6, 6.07) is 6.94. The summed E-state index contributed by atoms with van der Waals surface area (Å²) in [5.74, 6) is -2.34. The Morgan fingerprint density at radius 1 is 1.17 bits per heavy atom. The van der Waals surface area contributed by atoms with Crippen molar-refractivity contribution in [2.45, 2.75) is 26.8 Å². The molecule has 7 heteroatoms. The van der Waals surface area contributed by atoms with Crippen LogP contribution in [-0.4, -0.2) is 41.2 Å².